The number of ether oxygens (including phenoxy) is 4. The lowest BCUT2D eigenvalue weighted by molar-refractivity contribution is -0.161. The van der Waals surface area contributed by atoms with Gasteiger partial charge < -0.3 is 33.8 Å². The average Bonchev–Trinajstić information content (AvgIpc) is 3.54. The highest BCUT2D eigenvalue weighted by molar-refractivity contribution is 7.47. The van der Waals surface area contributed by atoms with E-state index in [0.29, 0.717) is 25.7 Å². The zero-order valence-electron chi connectivity index (χ0n) is 60.6. The molecule has 0 amide bonds. The molecule has 0 aliphatic heterocycles. The second-order valence-electron chi connectivity index (χ2n) is 27.2. The van der Waals surface area contributed by atoms with Crippen molar-refractivity contribution in [2.24, 2.45) is 11.8 Å². The summed E-state index contributed by atoms with van der Waals surface area (Å²) in [4.78, 5) is 72.4. The summed E-state index contributed by atoms with van der Waals surface area (Å²) >= 11 is 0. The van der Waals surface area contributed by atoms with Crippen molar-refractivity contribution < 1.29 is 80.2 Å². The fraction of sp³-hybridized carbons (Fsp3) is 0.946. The van der Waals surface area contributed by atoms with E-state index in [9.17, 15) is 43.2 Å². The Morgan fingerprint density at radius 2 is 0.516 bits per heavy atom. The molecule has 552 valence electrons. The molecule has 0 saturated carbocycles. The minimum atomic E-state index is -4.95. The first-order valence-corrected chi connectivity index (χ1v) is 41.6. The number of aliphatic hydroxyl groups excluding tert-OH is 1. The van der Waals surface area contributed by atoms with Crippen molar-refractivity contribution in [3.8, 4) is 0 Å². The molecular weight excluding hydrogens is 1220 g/mol. The number of unbranched alkanes of at least 4 members (excludes halogenated alkanes) is 41. The molecule has 0 bridgehead atoms. The molecule has 93 heavy (non-hydrogen) atoms. The van der Waals surface area contributed by atoms with Crippen LogP contribution in [0.4, 0.5) is 0 Å². The lowest BCUT2D eigenvalue weighted by Gasteiger charge is -2.21. The van der Waals surface area contributed by atoms with E-state index in [1.54, 1.807) is 0 Å². The number of hydrogen-bond donors (Lipinski definition) is 3. The molecule has 0 aromatic carbocycles. The van der Waals surface area contributed by atoms with Crippen molar-refractivity contribution in [2.75, 3.05) is 39.6 Å². The summed E-state index contributed by atoms with van der Waals surface area (Å²) in [7, 11) is -9.90. The van der Waals surface area contributed by atoms with Gasteiger partial charge in [0.25, 0.3) is 0 Å². The molecule has 0 rings (SSSR count). The van der Waals surface area contributed by atoms with Crippen molar-refractivity contribution in [3.05, 3.63) is 0 Å². The second kappa shape index (κ2) is 66.0. The van der Waals surface area contributed by atoms with E-state index >= 15 is 0 Å². The number of phosphoric ester groups is 2. The Balaban J connectivity index is 5.11. The van der Waals surface area contributed by atoms with E-state index in [0.717, 1.165) is 108 Å². The van der Waals surface area contributed by atoms with Crippen LogP contribution >= 0.6 is 15.6 Å². The topological polar surface area (TPSA) is 237 Å². The standard InChI is InChI=1S/C74H144O17P2/c1-7-11-13-15-16-17-18-19-27-30-33-39-45-51-57-72(77)85-63-70(91-73(78)58-52-46-40-34-31-28-25-23-21-20-22-24-26-29-32-37-43-48-54-66(5)9-3)65-89-93(82,83)87-61-68(75)60-86-92(80,81)88-64-69(62-84-71(76)56-50-42-14-12-8-2)90-74(79)59-53-47-41-36-35-38-44-49-55-67(6)10-4/h66-70,75H,7-65H2,1-6H3,(H,80,81)(H,82,83)/t66?,67?,68-,69+,70+/m0/s1. The fourth-order valence-corrected chi connectivity index (χ4v) is 12.8. The van der Waals surface area contributed by atoms with Crippen molar-refractivity contribution in [1.29, 1.82) is 0 Å². The third kappa shape index (κ3) is 65.8. The van der Waals surface area contributed by atoms with E-state index in [1.807, 2.05) is 0 Å². The van der Waals surface area contributed by atoms with E-state index in [4.69, 9.17) is 37.0 Å². The maximum atomic E-state index is 13.1. The van der Waals surface area contributed by atoms with Gasteiger partial charge >= 0.3 is 39.5 Å². The number of carbonyl (C=O) groups excluding carboxylic acids is 4. The highest BCUT2D eigenvalue weighted by Gasteiger charge is 2.30. The van der Waals surface area contributed by atoms with E-state index < -0.39 is 97.5 Å². The lowest BCUT2D eigenvalue weighted by atomic mass is 9.99. The first-order chi connectivity index (χ1) is 44.9. The monoisotopic (exact) mass is 1370 g/mol. The van der Waals surface area contributed by atoms with Gasteiger partial charge in [-0.1, -0.05) is 330 Å². The summed E-state index contributed by atoms with van der Waals surface area (Å²) in [5, 5.41) is 10.6. The van der Waals surface area contributed by atoms with Crippen molar-refractivity contribution >= 4 is 39.5 Å². The summed E-state index contributed by atoms with van der Waals surface area (Å²) in [6.45, 7) is 9.55. The summed E-state index contributed by atoms with van der Waals surface area (Å²) in [5.74, 6) is -0.490. The van der Waals surface area contributed by atoms with Gasteiger partial charge in [-0.05, 0) is 37.5 Å². The minimum absolute atomic E-state index is 0.104. The van der Waals surface area contributed by atoms with Gasteiger partial charge in [0.2, 0.25) is 0 Å². The number of carbonyl (C=O) groups is 4. The predicted octanol–water partition coefficient (Wildman–Crippen LogP) is 21.6. The molecule has 0 spiro atoms. The lowest BCUT2D eigenvalue weighted by Crippen LogP contribution is -2.30. The van der Waals surface area contributed by atoms with Gasteiger partial charge in [-0.25, -0.2) is 9.13 Å². The quantitative estimate of drug-likeness (QED) is 0.0222. The van der Waals surface area contributed by atoms with Crippen LogP contribution in [0, 0.1) is 11.8 Å². The Labute approximate surface area is 568 Å². The van der Waals surface area contributed by atoms with Crippen molar-refractivity contribution in [1.82, 2.24) is 0 Å². The maximum absolute atomic E-state index is 13.1. The Kier molecular flexibility index (Phi) is 64.6. The highest BCUT2D eigenvalue weighted by atomic mass is 31.2. The molecule has 0 heterocycles. The largest absolute Gasteiger partial charge is 0.472 e. The molecule has 0 aromatic heterocycles. The normalized spacial score (nSPS) is 14.6. The molecule has 7 atom stereocenters. The van der Waals surface area contributed by atoms with Gasteiger partial charge in [0.1, 0.15) is 19.3 Å². The summed E-state index contributed by atoms with van der Waals surface area (Å²) in [6, 6.07) is 0. The Morgan fingerprint density at radius 1 is 0.301 bits per heavy atom. The first kappa shape index (κ1) is 91.1. The van der Waals surface area contributed by atoms with Gasteiger partial charge in [0.05, 0.1) is 26.4 Å². The van der Waals surface area contributed by atoms with Crippen molar-refractivity contribution in [3.63, 3.8) is 0 Å². The summed E-state index contributed by atoms with van der Waals surface area (Å²) in [6.07, 6.45) is 53.1. The minimum Gasteiger partial charge on any atom is -0.462 e. The van der Waals surface area contributed by atoms with Gasteiger partial charge in [0.15, 0.2) is 12.2 Å². The zero-order chi connectivity index (χ0) is 68.6. The third-order valence-corrected chi connectivity index (χ3v) is 19.8. The predicted molar refractivity (Wildman–Crippen MR) is 377 cm³/mol. The van der Waals surface area contributed by atoms with Gasteiger partial charge in [-0.2, -0.15) is 0 Å². The first-order valence-electron chi connectivity index (χ1n) is 38.6. The van der Waals surface area contributed by atoms with Crippen LogP contribution in [0.3, 0.4) is 0 Å². The number of esters is 4. The van der Waals surface area contributed by atoms with Crippen LogP contribution in [0.15, 0.2) is 0 Å². The molecular formula is C74H144O17P2. The van der Waals surface area contributed by atoms with Crippen LogP contribution in [0.25, 0.3) is 0 Å². The molecule has 4 unspecified atom stereocenters. The third-order valence-electron chi connectivity index (χ3n) is 17.9. The van der Waals surface area contributed by atoms with E-state index in [-0.39, 0.29) is 25.7 Å². The van der Waals surface area contributed by atoms with Crippen LogP contribution < -0.4 is 0 Å². The number of phosphoric acid groups is 2. The fourth-order valence-electron chi connectivity index (χ4n) is 11.2. The second-order valence-corrected chi connectivity index (χ2v) is 30.1. The van der Waals surface area contributed by atoms with Crippen LogP contribution in [-0.4, -0.2) is 96.7 Å². The summed E-state index contributed by atoms with van der Waals surface area (Å²) < 4.78 is 68.2. The SMILES string of the molecule is CCCCCCCCCCCCCCCCC(=O)OC[C@H](COP(=O)(O)OC[C@@H](O)COP(=O)(O)OC[C@@H](COC(=O)CCCCCCC)OC(=O)CCCCCCCCCCC(C)CC)OC(=O)CCCCCCCCCCCCCCCCCCCCC(C)CC. The Hall–Kier alpha value is -1.94. The molecule has 0 saturated heterocycles. The zero-order valence-corrected chi connectivity index (χ0v) is 62.3. The molecule has 19 heteroatoms. The van der Waals surface area contributed by atoms with Crippen LogP contribution in [-0.2, 0) is 65.4 Å². The van der Waals surface area contributed by atoms with Crippen LogP contribution in [0.5, 0.6) is 0 Å². The number of hydrogen-bond acceptors (Lipinski definition) is 15. The molecule has 0 aromatic rings. The molecule has 0 aliphatic carbocycles. The van der Waals surface area contributed by atoms with Crippen LogP contribution in [0.1, 0.15) is 382 Å². The number of aliphatic hydroxyl groups is 1. The van der Waals surface area contributed by atoms with Gasteiger partial charge in [-0.15, -0.1) is 0 Å². The van der Waals surface area contributed by atoms with Crippen LogP contribution in [0.2, 0.25) is 0 Å². The van der Waals surface area contributed by atoms with Gasteiger partial charge in [-0.3, -0.25) is 37.3 Å². The van der Waals surface area contributed by atoms with E-state index in [1.165, 1.54) is 193 Å². The molecule has 3 N–H and O–H groups in total. The average molecular weight is 1370 g/mol. The molecule has 17 nitrogen and oxygen atoms in total. The van der Waals surface area contributed by atoms with Crippen molar-refractivity contribution in [2.45, 2.75) is 400 Å². The smallest absolute Gasteiger partial charge is 0.462 e. The molecule has 0 fully saturated rings. The Morgan fingerprint density at radius 3 is 0.763 bits per heavy atom. The molecule has 0 radical (unpaired) electrons. The maximum Gasteiger partial charge on any atom is 0.472 e. The highest BCUT2D eigenvalue weighted by Crippen LogP contribution is 2.45. The number of rotatable bonds is 73. The Bertz CT molecular complexity index is 1810. The van der Waals surface area contributed by atoms with E-state index in [2.05, 4.69) is 41.5 Å². The summed E-state index contributed by atoms with van der Waals surface area (Å²) in [5.41, 5.74) is 0. The molecule has 0 aliphatic rings. The van der Waals surface area contributed by atoms with Gasteiger partial charge in [0, 0.05) is 25.7 Å².